The van der Waals surface area contributed by atoms with E-state index in [1.54, 1.807) is 0 Å². The van der Waals surface area contributed by atoms with Crippen LogP contribution in [0.5, 0.6) is 0 Å². The molecule has 0 radical (unpaired) electrons. The highest BCUT2D eigenvalue weighted by Gasteiger charge is 2.28. The summed E-state index contributed by atoms with van der Waals surface area (Å²) in [5.74, 6) is 1.56. The number of nitrogens with zero attached hydrogens (tertiary/aromatic N) is 5. The number of amidine groups is 1. The van der Waals surface area contributed by atoms with Gasteiger partial charge in [0.1, 0.15) is 5.84 Å². The van der Waals surface area contributed by atoms with E-state index in [4.69, 9.17) is 9.98 Å². The van der Waals surface area contributed by atoms with Gasteiger partial charge < -0.3 is 9.47 Å². The average molecular weight is 656 g/mol. The highest BCUT2D eigenvalue weighted by atomic mass is 15.4. The van der Waals surface area contributed by atoms with Crippen LogP contribution in [-0.2, 0) is 0 Å². The van der Waals surface area contributed by atoms with Crippen LogP contribution in [0.1, 0.15) is 17.3 Å². The molecule has 0 N–H and O–H groups in total. The van der Waals surface area contributed by atoms with E-state index < -0.39 is 0 Å². The predicted molar refractivity (Wildman–Crippen MR) is 212 cm³/mol. The van der Waals surface area contributed by atoms with Gasteiger partial charge in [0.15, 0.2) is 6.17 Å². The van der Waals surface area contributed by atoms with Gasteiger partial charge in [0.05, 0.1) is 22.1 Å². The number of fused-ring (bicyclic) bond motifs is 6. The molecule has 0 saturated heterocycles. The number of rotatable bonds is 4. The molecule has 2 aromatic heterocycles. The number of aromatic nitrogens is 2. The summed E-state index contributed by atoms with van der Waals surface area (Å²) in [6.45, 7) is 0. The quantitative estimate of drug-likeness (QED) is 0.186. The van der Waals surface area contributed by atoms with E-state index in [0.717, 1.165) is 33.7 Å². The lowest BCUT2D eigenvalue weighted by Crippen LogP contribution is -2.36. The largest absolute Gasteiger partial charge is 0.333 e. The van der Waals surface area contributed by atoms with Crippen LogP contribution in [0.2, 0.25) is 0 Å². The van der Waals surface area contributed by atoms with Crippen molar-refractivity contribution >= 4 is 55.4 Å². The number of benzene rings is 7. The Balaban J connectivity index is 1.16. The molecule has 5 heteroatoms. The fraction of sp³-hybridized carbons (Fsp3) is 0.0435. The topological polar surface area (TPSA) is 37.8 Å². The van der Waals surface area contributed by atoms with Gasteiger partial charge in [-0.3, -0.25) is 4.57 Å². The third-order valence-electron chi connectivity index (χ3n) is 10.2. The van der Waals surface area contributed by atoms with E-state index in [1.165, 1.54) is 43.7 Å². The van der Waals surface area contributed by atoms with Gasteiger partial charge in [0.25, 0.3) is 0 Å². The van der Waals surface area contributed by atoms with Crippen molar-refractivity contribution in [3.63, 3.8) is 0 Å². The zero-order valence-electron chi connectivity index (χ0n) is 28.1. The predicted octanol–water partition coefficient (Wildman–Crippen LogP) is 10.9. The Morgan fingerprint density at radius 3 is 1.55 bits per heavy atom. The molecule has 3 heterocycles. The second kappa shape index (κ2) is 11.7. The number of para-hydroxylation sites is 3. The van der Waals surface area contributed by atoms with Gasteiger partial charge in [-0.25, -0.2) is 4.99 Å². The number of aliphatic imine (C=N–C) groups is 2. The number of hydrogen-bond acceptors (Lipinski definition) is 3. The maximum absolute atomic E-state index is 5.34. The Hall–Kier alpha value is -6.72. The Bertz CT molecular complexity index is 2810. The fourth-order valence-electron chi connectivity index (χ4n) is 7.78. The molecular formula is C46H33N5. The first-order valence-corrected chi connectivity index (χ1v) is 17.4. The van der Waals surface area contributed by atoms with E-state index in [-0.39, 0.29) is 6.17 Å². The summed E-state index contributed by atoms with van der Waals surface area (Å²) >= 11 is 0. The third-order valence-corrected chi connectivity index (χ3v) is 10.2. The SMILES string of the molecule is CN1C(c2ccccc2)=NC(n2c3ccccc3c3cc(-c4ccc5c(c4)c4ccccc4n5-c4ccccc4)ccc32)=NC1c1ccccc1. The van der Waals surface area contributed by atoms with Crippen LogP contribution in [0.4, 0.5) is 0 Å². The Labute approximate surface area is 295 Å². The summed E-state index contributed by atoms with van der Waals surface area (Å²) in [7, 11) is 2.08. The Morgan fingerprint density at radius 1 is 0.431 bits per heavy atom. The van der Waals surface area contributed by atoms with E-state index in [0.29, 0.717) is 5.96 Å². The van der Waals surface area contributed by atoms with Crippen molar-refractivity contribution in [3.05, 3.63) is 187 Å². The molecule has 0 saturated carbocycles. The zero-order valence-corrected chi connectivity index (χ0v) is 28.1. The summed E-state index contributed by atoms with van der Waals surface area (Å²) < 4.78 is 4.59. The van der Waals surface area contributed by atoms with E-state index in [2.05, 4.69) is 185 Å². The molecule has 5 nitrogen and oxygen atoms in total. The molecule has 10 rings (SSSR count). The Kier molecular flexibility index (Phi) is 6.71. The summed E-state index contributed by atoms with van der Waals surface area (Å²) in [5.41, 5.74) is 10.3. The minimum atomic E-state index is -0.228. The molecule has 1 unspecified atom stereocenters. The molecule has 0 amide bonds. The van der Waals surface area contributed by atoms with Gasteiger partial charge in [-0.2, -0.15) is 4.99 Å². The van der Waals surface area contributed by atoms with Crippen LogP contribution in [0, 0.1) is 0 Å². The van der Waals surface area contributed by atoms with E-state index in [9.17, 15) is 0 Å². The van der Waals surface area contributed by atoms with Crippen molar-refractivity contribution in [2.24, 2.45) is 9.98 Å². The van der Waals surface area contributed by atoms with Crippen molar-refractivity contribution in [1.29, 1.82) is 0 Å². The number of hydrogen-bond donors (Lipinski definition) is 0. The van der Waals surface area contributed by atoms with Gasteiger partial charge in [0, 0.05) is 39.8 Å². The van der Waals surface area contributed by atoms with Gasteiger partial charge in [0.2, 0.25) is 5.96 Å². The molecule has 7 aromatic carbocycles. The first-order chi connectivity index (χ1) is 25.2. The zero-order chi connectivity index (χ0) is 33.9. The van der Waals surface area contributed by atoms with Crippen LogP contribution in [0.3, 0.4) is 0 Å². The molecule has 242 valence electrons. The van der Waals surface area contributed by atoms with Crippen LogP contribution in [0.15, 0.2) is 186 Å². The van der Waals surface area contributed by atoms with Gasteiger partial charge in [-0.15, -0.1) is 0 Å². The van der Waals surface area contributed by atoms with Crippen LogP contribution in [0.25, 0.3) is 60.4 Å². The molecule has 0 spiro atoms. The standard InChI is InChI=1S/C46H33N5/c1-49-44(31-15-5-2-6-16-31)47-46(48-45(49)32-17-7-3-8-18-32)51-41-24-14-12-22-37(41)39-30-34(26-28-43(39)51)33-25-27-42-38(29-33)36-21-11-13-23-40(36)50(42)35-19-9-4-10-20-35/h2-30,44H,1H3. The maximum Gasteiger partial charge on any atom is 0.234 e. The van der Waals surface area contributed by atoms with E-state index in [1.807, 2.05) is 12.1 Å². The molecule has 0 aliphatic carbocycles. The van der Waals surface area contributed by atoms with Crippen LogP contribution >= 0.6 is 0 Å². The second-order valence-corrected chi connectivity index (χ2v) is 13.1. The van der Waals surface area contributed by atoms with Crippen molar-refractivity contribution in [2.75, 3.05) is 7.05 Å². The minimum absolute atomic E-state index is 0.228. The molecule has 9 aromatic rings. The highest BCUT2D eigenvalue weighted by Crippen LogP contribution is 2.38. The Morgan fingerprint density at radius 2 is 0.922 bits per heavy atom. The summed E-state index contributed by atoms with van der Waals surface area (Å²) in [6.07, 6.45) is -0.228. The molecule has 0 bridgehead atoms. The summed E-state index contributed by atoms with van der Waals surface area (Å²) in [4.78, 5) is 12.8. The van der Waals surface area contributed by atoms with Crippen LogP contribution in [-0.4, -0.2) is 32.9 Å². The lowest BCUT2D eigenvalue weighted by molar-refractivity contribution is 0.381. The first-order valence-electron chi connectivity index (χ1n) is 17.4. The monoisotopic (exact) mass is 655 g/mol. The second-order valence-electron chi connectivity index (χ2n) is 13.1. The van der Waals surface area contributed by atoms with E-state index >= 15 is 0 Å². The van der Waals surface area contributed by atoms with Gasteiger partial charge >= 0.3 is 0 Å². The first kappa shape index (κ1) is 29.2. The average Bonchev–Trinajstić information content (AvgIpc) is 3.71. The maximum atomic E-state index is 5.34. The van der Waals surface area contributed by atoms with Crippen molar-refractivity contribution in [1.82, 2.24) is 14.0 Å². The molecule has 51 heavy (non-hydrogen) atoms. The normalized spacial score (nSPS) is 14.8. The smallest absolute Gasteiger partial charge is 0.234 e. The van der Waals surface area contributed by atoms with Crippen LogP contribution < -0.4 is 0 Å². The molecule has 1 aliphatic heterocycles. The molecular weight excluding hydrogens is 623 g/mol. The summed E-state index contributed by atoms with van der Waals surface area (Å²) in [5, 5.41) is 4.83. The van der Waals surface area contributed by atoms with Gasteiger partial charge in [-0.1, -0.05) is 127 Å². The summed E-state index contributed by atoms with van der Waals surface area (Å²) in [6, 6.07) is 62.5. The van der Waals surface area contributed by atoms with Crippen molar-refractivity contribution in [2.45, 2.75) is 6.17 Å². The van der Waals surface area contributed by atoms with Gasteiger partial charge in [-0.05, 0) is 65.2 Å². The minimum Gasteiger partial charge on any atom is -0.333 e. The molecule has 1 aliphatic rings. The lowest BCUT2D eigenvalue weighted by Gasteiger charge is -2.32. The highest BCUT2D eigenvalue weighted by molar-refractivity contribution is 6.18. The van der Waals surface area contributed by atoms with Crippen molar-refractivity contribution < 1.29 is 0 Å². The lowest BCUT2D eigenvalue weighted by atomic mass is 10.0. The molecule has 1 atom stereocenters. The molecule has 0 fully saturated rings. The van der Waals surface area contributed by atoms with Crippen molar-refractivity contribution in [3.8, 4) is 16.8 Å². The fourth-order valence-corrected chi connectivity index (χ4v) is 7.78. The third kappa shape index (κ3) is 4.70.